The molecule has 1 aliphatic rings. The van der Waals surface area contributed by atoms with Crippen molar-refractivity contribution in [2.45, 2.75) is 25.3 Å². The predicted molar refractivity (Wildman–Crippen MR) is 65.3 cm³/mol. The summed E-state index contributed by atoms with van der Waals surface area (Å²) < 4.78 is 0.797. The molecule has 1 saturated carbocycles. The number of aliphatic carboxylic acids is 1. The van der Waals surface area contributed by atoms with E-state index in [1.54, 1.807) is 11.3 Å². The van der Waals surface area contributed by atoms with Gasteiger partial charge in [-0.05, 0) is 31.4 Å². The third kappa shape index (κ3) is 3.47. The molecule has 0 aliphatic heterocycles. The molecule has 1 aliphatic carbocycles. The van der Waals surface area contributed by atoms with Gasteiger partial charge in [0, 0.05) is 17.5 Å². The average molecular weight is 260 g/mol. The largest absolute Gasteiger partial charge is 0.480 e. The monoisotopic (exact) mass is 259 g/mol. The lowest BCUT2D eigenvalue weighted by atomic mass is 10.3. The first-order valence-electron chi connectivity index (χ1n) is 5.35. The second-order valence-corrected chi connectivity index (χ2v) is 5.85. The number of rotatable bonds is 6. The highest BCUT2D eigenvalue weighted by Crippen LogP contribution is 2.27. The number of hydrogen-bond donors (Lipinski definition) is 1. The molecule has 3 nitrogen and oxygen atoms in total. The van der Waals surface area contributed by atoms with Gasteiger partial charge in [0.25, 0.3) is 0 Å². The maximum Gasteiger partial charge on any atom is 0.317 e. The highest BCUT2D eigenvalue weighted by molar-refractivity contribution is 7.16. The van der Waals surface area contributed by atoms with Crippen molar-refractivity contribution in [1.82, 2.24) is 4.90 Å². The SMILES string of the molecule is O=C(O)CN(CCc1ccc(Cl)s1)C1CC1. The van der Waals surface area contributed by atoms with Crippen molar-refractivity contribution in [3.8, 4) is 0 Å². The van der Waals surface area contributed by atoms with Gasteiger partial charge >= 0.3 is 5.97 Å². The van der Waals surface area contributed by atoms with Crippen molar-refractivity contribution in [2.24, 2.45) is 0 Å². The van der Waals surface area contributed by atoms with E-state index in [-0.39, 0.29) is 6.54 Å². The molecule has 0 bridgehead atoms. The molecule has 0 radical (unpaired) electrons. The molecule has 0 amide bonds. The van der Waals surface area contributed by atoms with Crippen LogP contribution in [-0.4, -0.2) is 35.1 Å². The van der Waals surface area contributed by atoms with Crippen LogP contribution in [0.2, 0.25) is 4.34 Å². The Labute approximate surface area is 104 Å². The molecule has 2 rings (SSSR count). The molecule has 5 heteroatoms. The van der Waals surface area contributed by atoms with Gasteiger partial charge in [-0.3, -0.25) is 9.69 Å². The van der Waals surface area contributed by atoms with E-state index < -0.39 is 5.97 Å². The quantitative estimate of drug-likeness (QED) is 0.853. The fourth-order valence-corrected chi connectivity index (χ4v) is 2.82. The Balaban J connectivity index is 1.83. The normalized spacial score (nSPS) is 15.6. The fraction of sp³-hybridized carbons (Fsp3) is 0.545. The van der Waals surface area contributed by atoms with Crippen molar-refractivity contribution >= 4 is 28.9 Å². The number of carboxylic acid groups (broad SMARTS) is 1. The smallest absolute Gasteiger partial charge is 0.317 e. The van der Waals surface area contributed by atoms with Crippen LogP contribution in [-0.2, 0) is 11.2 Å². The molecular weight excluding hydrogens is 246 g/mol. The van der Waals surface area contributed by atoms with Crippen LogP contribution in [0.25, 0.3) is 0 Å². The lowest BCUT2D eigenvalue weighted by molar-refractivity contribution is -0.138. The molecule has 1 heterocycles. The standard InChI is InChI=1S/C11H14ClNO2S/c12-10-4-3-9(16-10)5-6-13(7-11(14)15)8-1-2-8/h3-4,8H,1-2,5-7H2,(H,14,15). The Morgan fingerprint density at radius 1 is 1.56 bits per heavy atom. The number of carbonyl (C=O) groups is 1. The topological polar surface area (TPSA) is 40.5 Å². The number of halogens is 1. The minimum absolute atomic E-state index is 0.157. The zero-order chi connectivity index (χ0) is 11.5. The predicted octanol–water partition coefficient (Wildman–Crippen LogP) is 2.49. The summed E-state index contributed by atoms with van der Waals surface area (Å²) in [5.41, 5.74) is 0. The van der Waals surface area contributed by atoms with E-state index in [1.807, 2.05) is 12.1 Å². The van der Waals surface area contributed by atoms with Crippen LogP contribution in [0, 0.1) is 0 Å². The van der Waals surface area contributed by atoms with Gasteiger partial charge in [0.1, 0.15) is 0 Å². The first-order valence-corrected chi connectivity index (χ1v) is 6.54. The van der Waals surface area contributed by atoms with Crippen LogP contribution in [0.5, 0.6) is 0 Å². The maximum absolute atomic E-state index is 10.7. The van der Waals surface area contributed by atoms with Gasteiger partial charge in [0.05, 0.1) is 10.9 Å². The van der Waals surface area contributed by atoms with Gasteiger partial charge in [-0.2, -0.15) is 0 Å². The van der Waals surface area contributed by atoms with Gasteiger partial charge in [-0.25, -0.2) is 0 Å². The summed E-state index contributed by atoms with van der Waals surface area (Å²) in [7, 11) is 0. The van der Waals surface area contributed by atoms with Crippen LogP contribution in [0.3, 0.4) is 0 Å². The summed E-state index contributed by atoms with van der Waals surface area (Å²) in [6.07, 6.45) is 3.16. The van der Waals surface area contributed by atoms with E-state index in [0.29, 0.717) is 6.04 Å². The van der Waals surface area contributed by atoms with Gasteiger partial charge in [0.15, 0.2) is 0 Å². The first kappa shape index (κ1) is 11.9. The first-order chi connectivity index (χ1) is 7.65. The summed E-state index contributed by atoms with van der Waals surface area (Å²) in [6, 6.07) is 4.39. The molecule has 1 N–H and O–H groups in total. The number of carboxylic acids is 1. The van der Waals surface area contributed by atoms with Crippen molar-refractivity contribution < 1.29 is 9.90 Å². The van der Waals surface area contributed by atoms with Gasteiger partial charge in [-0.15, -0.1) is 11.3 Å². The zero-order valence-corrected chi connectivity index (χ0v) is 10.4. The van der Waals surface area contributed by atoms with Gasteiger partial charge in [-0.1, -0.05) is 11.6 Å². The average Bonchev–Trinajstić information content (AvgIpc) is 2.97. The number of nitrogens with zero attached hydrogens (tertiary/aromatic N) is 1. The molecule has 1 aromatic rings. The van der Waals surface area contributed by atoms with Crippen LogP contribution in [0.1, 0.15) is 17.7 Å². The van der Waals surface area contributed by atoms with Crippen LogP contribution >= 0.6 is 22.9 Å². The van der Waals surface area contributed by atoms with Crippen molar-refractivity contribution in [3.63, 3.8) is 0 Å². The second kappa shape index (κ2) is 5.17. The molecule has 1 aromatic heterocycles. The summed E-state index contributed by atoms with van der Waals surface area (Å²) in [6.45, 7) is 0.970. The molecule has 0 atom stereocenters. The Hall–Kier alpha value is -0.580. The molecule has 1 fully saturated rings. The highest BCUT2D eigenvalue weighted by Gasteiger charge is 2.29. The Kier molecular flexibility index (Phi) is 3.84. The van der Waals surface area contributed by atoms with E-state index in [0.717, 1.165) is 30.1 Å². The van der Waals surface area contributed by atoms with E-state index in [1.165, 1.54) is 4.88 Å². The van der Waals surface area contributed by atoms with E-state index in [9.17, 15) is 4.79 Å². The maximum atomic E-state index is 10.7. The number of thiophene rings is 1. The van der Waals surface area contributed by atoms with Crippen LogP contribution in [0.4, 0.5) is 0 Å². The zero-order valence-electron chi connectivity index (χ0n) is 8.86. The lowest BCUT2D eigenvalue weighted by Gasteiger charge is -2.18. The third-order valence-electron chi connectivity index (χ3n) is 2.68. The minimum Gasteiger partial charge on any atom is -0.480 e. The summed E-state index contributed by atoms with van der Waals surface area (Å²) >= 11 is 7.42. The van der Waals surface area contributed by atoms with Crippen molar-refractivity contribution in [1.29, 1.82) is 0 Å². The molecule has 0 unspecified atom stereocenters. The van der Waals surface area contributed by atoms with E-state index >= 15 is 0 Å². The Bertz CT molecular complexity index is 376. The molecule has 0 saturated heterocycles. The third-order valence-corrected chi connectivity index (χ3v) is 3.97. The summed E-state index contributed by atoms with van der Waals surface area (Å²) in [5.74, 6) is -0.740. The Morgan fingerprint density at radius 2 is 2.31 bits per heavy atom. The van der Waals surface area contributed by atoms with Crippen LogP contribution in [0.15, 0.2) is 12.1 Å². The van der Waals surface area contributed by atoms with Gasteiger partial charge < -0.3 is 5.11 Å². The highest BCUT2D eigenvalue weighted by atomic mass is 35.5. The van der Waals surface area contributed by atoms with E-state index in [2.05, 4.69) is 4.90 Å². The Morgan fingerprint density at radius 3 is 2.81 bits per heavy atom. The molecule has 0 spiro atoms. The molecule has 88 valence electrons. The lowest BCUT2D eigenvalue weighted by Crippen LogP contribution is -2.33. The number of hydrogen-bond acceptors (Lipinski definition) is 3. The fourth-order valence-electron chi connectivity index (χ4n) is 1.74. The summed E-state index contributed by atoms with van der Waals surface area (Å²) in [5, 5.41) is 8.80. The summed E-state index contributed by atoms with van der Waals surface area (Å²) in [4.78, 5) is 14.0. The van der Waals surface area contributed by atoms with Crippen molar-refractivity contribution in [2.75, 3.05) is 13.1 Å². The second-order valence-electron chi connectivity index (χ2n) is 4.05. The minimum atomic E-state index is -0.740. The molecule has 16 heavy (non-hydrogen) atoms. The molecule has 0 aromatic carbocycles. The molecular formula is C11H14ClNO2S. The van der Waals surface area contributed by atoms with E-state index in [4.69, 9.17) is 16.7 Å². The van der Waals surface area contributed by atoms with Crippen molar-refractivity contribution in [3.05, 3.63) is 21.3 Å². The van der Waals surface area contributed by atoms with Crippen LogP contribution < -0.4 is 0 Å². The van der Waals surface area contributed by atoms with Gasteiger partial charge in [0.2, 0.25) is 0 Å².